The maximum Gasteiger partial charge on any atom is 0.487 e. The van der Waals surface area contributed by atoms with Gasteiger partial charge >= 0.3 is 5.57 Å². The summed E-state index contributed by atoms with van der Waals surface area (Å²) in [6.07, 6.45) is 0. The first-order valence-corrected chi connectivity index (χ1v) is 10.1. The number of halogens is 3. The highest BCUT2D eigenvalue weighted by molar-refractivity contribution is 7.99. The maximum absolute atomic E-state index is 12.6. The first-order valence-electron chi connectivity index (χ1n) is 8.77. The number of anilines is 1. The topological polar surface area (TPSA) is 81.9 Å². The largest absolute Gasteiger partial charge is 0.487 e. The van der Waals surface area contributed by atoms with Gasteiger partial charge in [-0.2, -0.15) is 4.68 Å². The SMILES string of the molecule is Cc1cc(C)c(-n2nnnc2SCC(=O)Nc2ccc(OC(F)(F)Cl)cc2)c(C)c1. The number of aryl methyl sites for hydroxylation is 3. The predicted octanol–water partition coefficient (Wildman–Crippen LogP) is 4.49. The second-order valence-electron chi connectivity index (χ2n) is 6.53. The van der Waals surface area contributed by atoms with E-state index in [9.17, 15) is 13.6 Å². The number of amides is 1. The van der Waals surface area contributed by atoms with Crippen molar-refractivity contribution in [3.63, 3.8) is 0 Å². The Bertz CT molecular complexity index is 1030. The van der Waals surface area contributed by atoms with Crippen molar-refractivity contribution in [1.82, 2.24) is 20.2 Å². The standard InChI is InChI=1S/C19H18ClF2N5O2S/c1-11-8-12(2)17(13(3)9-11)27-18(24-25-26-27)30-10-16(28)23-14-4-6-15(7-5-14)29-19(20,21)22/h4-9H,10H2,1-3H3,(H,23,28). The molecular weight excluding hydrogens is 436 g/mol. The van der Waals surface area contributed by atoms with Crippen LogP contribution in [0.1, 0.15) is 16.7 Å². The number of nitrogens with one attached hydrogen (secondary N) is 1. The summed E-state index contributed by atoms with van der Waals surface area (Å²) in [5, 5.41) is 14.9. The molecule has 3 aromatic rings. The molecule has 2 aromatic carbocycles. The molecule has 1 N–H and O–H groups in total. The molecule has 1 amide bonds. The molecule has 30 heavy (non-hydrogen) atoms. The molecule has 158 valence electrons. The van der Waals surface area contributed by atoms with Crippen molar-refractivity contribution in [2.45, 2.75) is 31.5 Å². The molecule has 0 unspecified atom stereocenters. The fraction of sp³-hybridized carbons (Fsp3) is 0.263. The number of carbonyl (C=O) groups excluding carboxylic acids is 1. The van der Waals surface area contributed by atoms with E-state index in [1.165, 1.54) is 36.0 Å². The van der Waals surface area contributed by atoms with Crippen LogP contribution in [0.2, 0.25) is 0 Å². The van der Waals surface area contributed by atoms with Gasteiger partial charge < -0.3 is 10.1 Å². The average molecular weight is 454 g/mol. The van der Waals surface area contributed by atoms with Gasteiger partial charge in [-0.1, -0.05) is 29.5 Å². The van der Waals surface area contributed by atoms with Crippen LogP contribution in [0.25, 0.3) is 5.69 Å². The van der Waals surface area contributed by atoms with E-state index in [-0.39, 0.29) is 17.4 Å². The Labute approximate surface area is 180 Å². The number of nitrogens with zero attached hydrogens (tertiary/aromatic N) is 4. The van der Waals surface area contributed by atoms with E-state index in [1.54, 1.807) is 4.68 Å². The highest BCUT2D eigenvalue weighted by Gasteiger charge is 2.27. The Morgan fingerprint density at radius 3 is 2.43 bits per heavy atom. The third-order valence-corrected chi connectivity index (χ3v) is 4.99. The summed E-state index contributed by atoms with van der Waals surface area (Å²) in [4.78, 5) is 12.3. The zero-order valence-corrected chi connectivity index (χ0v) is 17.9. The number of thioether (sulfide) groups is 1. The molecule has 11 heteroatoms. The molecule has 1 aromatic heterocycles. The highest BCUT2D eigenvalue weighted by Crippen LogP contribution is 2.27. The summed E-state index contributed by atoms with van der Waals surface area (Å²) < 4.78 is 31.1. The molecule has 1 heterocycles. The summed E-state index contributed by atoms with van der Waals surface area (Å²) in [5.74, 6) is -0.365. The van der Waals surface area contributed by atoms with Gasteiger partial charge in [0.25, 0.3) is 0 Å². The molecule has 0 aliphatic rings. The Hall–Kier alpha value is -2.72. The van der Waals surface area contributed by atoms with Gasteiger partial charge in [0.1, 0.15) is 5.75 Å². The minimum absolute atomic E-state index is 0.0579. The Morgan fingerprint density at radius 2 is 1.83 bits per heavy atom. The fourth-order valence-electron chi connectivity index (χ4n) is 2.98. The van der Waals surface area contributed by atoms with Crippen molar-refractivity contribution >= 4 is 35.0 Å². The van der Waals surface area contributed by atoms with E-state index >= 15 is 0 Å². The molecule has 0 saturated carbocycles. The quantitative estimate of drug-likeness (QED) is 0.419. The number of hydrogen-bond acceptors (Lipinski definition) is 6. The zero-order chi connectivity index (χ0) is 21.9. The summed E-state index contributed by atoms with van der Waals surface area (Å²) in [6, 6.07) is 9.51. The lowest BCUT2D eigenvalue weighted by molar-refractivity contribution is -0.113. The number of hydrogen-bond donors (Lipinski definition) is 1. The van der Waals surface area contributed by atoms with Crippen LogP contribution in [-0.4, -0.2) is 37.4 Å². The van der Waals surface area contributed by atoms with Crippen LogP contribution in [0.3, 0.4) is 0 Å². The monoisotopic (exact) mass is 453 g/mol. The summed E-state index contributed by atoms with van der Waals surface area (Å²) in [7, 11) is 0. The lowest BCUT2D eigenvalue weighted by Gasteiger charge is -2.12. The number of carbonyl (C=O) groups is 1. The Balaban J connectivity index is 1.64. The van der Waals surface area contributed by atoms with Crippen molar-refractivity contribution in [2.24, 2.45) is 0 Å². The number of tetrazole rings is 1. The normalized spacial score (nSPS) is 11.4. The summed E-state index contributed by atoms with van der Waals surface area (Å²) >= 11 is 5.90. The van der Waals surface area contributed by atoms with Gasteiger partial charge in [0.05, 0.1) is 11.4 Å². The van der Waals surface area contributed by atoms with Crippen LogP contribution in [0.15, 0.2) is 41.6 Å². The van der Waals surface area contributed by atoms with Crippen LogP contribution in [0.5, 0.6) is 5.75 Å². The maximum atomic E-state index is 12.6. The second kappa shape index (κ2) is 8.97. The second-order valence-corrected chi connectivity index (χ2v) is 7.91. The first kappa shape index (κ1) is 22.0. The minimum Gasteiger partial charge on any atom is -0.420 e. The van der Waals surface area contributed by atoms with E-state index in [1.807, 2.05) is 32.9 Å². The number of alkyl halides is 3. The van der Waals surface area contributed by atoms with Crippen molar-refractivity contribution in [3.05, 3.63) is 53.1 Å². The van der Waals surface area contributed by atoms with Gasteiger partial charge in [0.2, 0.25) is 11.1 Å². The molecule has 0 fully saturated rings. The third kappa shape index (κ3) is 5.67. The average Bonchev–Trinajstić information content (AvgIpc) is 3.08. The van der Waals surface area contributed by atoms with Crippen LogP contribution in [0, 0.1) is 20.8 Å². The predicted molar refractivity (Wildman–Crippen MR) is 111 cm³/mol. The number of ether oxygens (including phenoxy) is 1. The van der Waals surface area contributed by atoms with Gasteiger partial charge in [-0.25, -0.2) is 0 Å². The summed E-state index contributed by atoms with van der Waals surface area (Å²) in [6.45, 7) is 5.97. The van der Waals surface area contributed by atoms with Crippen LogP contribution >= 0.6 is 23.4 Å². The molecule has 3 rings (SSSR count). The molecular formula is C19H18ClF2N5O2S. The highest BCUT2D eigenvalue weighted by atomic mass is 35.5. The lowest BCUT2D eigenvalue weighted by Crippen LogP contribution is -2.16. The van der Waals surface area contributed by atoms with Gasteiger partial charge in [-0.05, 0) is 66.6 Å². The number of aromatic nitrogens is 4. The van der Waals surface area contributed by atoms with E-state index in [2.05, 4.69) is 25.6 Å². The molecule has 0 radical (unpaired) electrons. The number of benzene rings is 2. The van der Waals surface area contributed by atoms with E-state index < -0.39 is 5.57 Å². The van der Waals surface area contributed by atoms with Gasteiger partial charge in [0, 0.05) is 17.3 Å². The Kier molecular flexibility index (Phi) is 6.57. The molecule has 0 bridgehead atoms. The lowest BCUT2D eigenvalue weighted by atomic mass is 10.1. The van der Waals surface area contributed by atoms with Gasteiger partial charge in [0.15, 0.2) is 0 Å². The molecule has 0 saturated heterocycles. The van der Waals surface area contributed by atoms with Crippen LogP contribution in [-0.2, 0) is 4.79 Å². The smallest absolute Gasteiger partial charge is 0.420 e. The summed E-state index contributed by atoms with van der Waals surface area (Å²) in [5.41, 5.74) is 0.698. The van der Waals surface area contributed by atoms with Gasteiger partial charge in [-0.15, -0.1) is 13.9 Å². The van der Waals surface area contributed by atoms with E-state index in [0.717, 1.165) is 22.4 Å². The molecule has 0 atom stereocenters. The fourth-order valence-corrected chi connectivity index (χ4v) is 3.75. The van der Waals surface area contributed by atoms with Crippen molar-refractivity contribution in [3.8, 4) is 11.4 Å². The molecule has 0 aliphatic carbocycles. The molecule has 0 aliphatic heterocycles. The van der Waals surface area contributed by atoms with Gasteiger partial charge in [-0.3, -0.25) is 4.79 Å². The minimum atomic E-state index is -3.79. The molecule has 7 nitrogen and oxygen atoms in total. The van der Waals surface area contributed by atoms with Crippen LogP contribution in [0.4, 0.5) is 14.5 Å². The van der Waals surface area contributed by atoms with Crippen molar-refractivity contribution < 1.29 is 18.3 Å². The van der Waals surface area contributed by atoms with Crippen LogP contribution < -0.4 is 10.1 Å². The zero-order valence-electron chi connectivity index (χ0n) is 16.3. The molecule has 0 spiro atoms. The third-order valence-electron chi connectivity index (χ3n) is 3.99. The van der Waals surface area contributed by atoms with Crippen molar-refractivity contribution in [1.29, 1.82) is 0 Å². The van der Waals surface area contributed by atoms with E-state index in [0.29, 0.717) is 10.8 Å². The Morgan fingerprint density at radius 1 is 1.20 bits per heavy atom. The van der Waals surface area contributed by atoms with E-state index in [4.69, 9.17) is 11.6 Å². The number of rotatable bonds is 7. The van der Waals surface area contributed by atoms with Crippen molar-refractivity contribution in [2.75, 3.05) is 11.1 Å². The first-order chi connectivity index (χ1) is 14.1.